The molecule has 0 aliphatic heterocycles. The van der Waals surface area contributed by atoms with E-state index in [1.165, 1.54) is 16.7 Å². The van der Waals surface area contributed by atoms with Crippen molar-refractivity contribution in [2.24, 2.45) is 0 Å². The summed E-state index contributed by atoms with van der Waals surface area (Å²) >= 11 is 7.63. The molecule has 0 saturated carbocycles. The van der Waals surface area contributed by atoms with Crippen molar-refractivity contribution in [3.05, 3.63) is 64.4 Å². The third kappa shape index (κ3) is 4.06. The van der Waals surface area contributed by atoms with Gasteiger partial charge in [-0.2, -0.15) is 11.8 Å². The van der Waals surface area contributed by atoms with Crippen LogP contribution in [0.1, 0.15) is 16.7 Å². The lowest BCUT2D eigenvalue weighted by Crippen LogP contribution is -1.85. The summed E-state index contributed by atoms with van der Waals surface area (Å²) in [5, 5.41) is 0.553. The molecule has 17 heavy (non-hydrogen) atoms. The minimum absolute atomic E-state index is 0.553. The number of rotatable bonds is 4. The molecule has 1 heterocycles. The molecule has 1 nitrogen and oxygen atoms in total. The first kappa shape index (κ1) is 12.5. The number of halogens is 1. The molecule has 0 saturated heterocycles. The third-order valence-electron chi connectivity index (χ3n) is 2.41. The summed E-state index contributed by atoms with van der Waals surface area (Å²) in [5.74, 6) is 2.00. The highest BCUT2D eigenvalue weighted by atomic mass is 35.5. The van der Waals surface area contributed by atoms with Gasteiger partial charge in [0.05, 0.1) is 0 Å². The predicted molar refractivity (Wildman–Crippen MR) is 75.4 cm³/mol. The highest BCUT2D eigenvalue weighted by Gasteiger charge is 1.97. The van der Waals surface area contributed by atoms with E-state index in [4.69, 9.17) is 11.6 Å². The van der Waals surface area contributed by atoms with Crippen molar-refractivity contribution in [2.45, 2.75) is 18.4 Å². The quantitative estimate of drug-likeness (QED) is 0.755. The molecule has 0 atom stereocenters. The van der Waals surface area contributed by atoms with E-state index in [1.54, 1.807) is 0 Å². The molecule has 0 fully saturated rings. The number of aryl methyl sites for hydroxylation is 1. The van der Waals surface area contributed by atoms with Crippen LogP contribution in [-0.4, -0.2) is 4.98 Å². The van der Waals surface area contributed by atoms with Gasteiger partial charge in [-0.05, 0) is 24.1 Å². The summed E-state index contributed by atoms with van der Waals surface area (Å²) < 4.78 is 0. The molecule has 0 amide bonds. The van der Waals surface area contributed by atoms with Crippen LogP contribution in [0.2, 0.25) is 5.15 Å². The summed E-state index contributed by atoms with van der Waals surface area (Å²) in [4.78, 5) is 4.07. The maximum atomic E-state index is 5.74. The van der Waals surface area contributed by atoms with E-state index < -0.39 is 0 Å². The van der Waals surface area contributed by atoms with Gasteiger partial charge in [-0.1, -0.05) is 47.5 Å². The van der Waals surface area contributed by atoms with Gasteiger partial charge in [-0.3, -0.25) is 0 Å². The second-order valence-electron chi connectivity index (χ2n) is 3.97. The van der Waals surface area contributed by atoms with Crippen LogP contribution in [0.3, 0.4) is 0 Å². The molecule has 0 N–H and O–H groups in total. The smallest absolute Gasteiger partial charge is 0.129 e. The lowest BCUT2D eigenvalue weighted by molar-refractivity contribution is 1.25. The molecular weight excluding hydrogens is 250 g/mol. The fourth-order valence-electron chi connectivity index (χ4n) is 1.58. The van der Waals surface area contributed by atoms with Crippen LogP contribution in [-0.2, 0) is 11.5 Å². The minimum atomic E-state index is 0.553. The Morgan fingerprint density at radius 1 is 1.12 bits per heavy atom. The zero-order chi connectivity index (χ0) is 12.1. The normalized spacial score (nSPS) is 10.5. The summed E-state index contributed by atoms with van der Waals surface area (Å²) in [5.41, 5.74) is 3.90. The molecule has 2 rings (SSSR count). The van der Waals surface area contributed by atoms with E-state index in [0.29, 0.717) is 5.15 Å². The number of aromatic nitrogens is 1. The van der Waals surface area contributed by atoms with E-state index in [1.807, 2.05) is 30.1 Å². The Hall–Kier alpha value is -0.990. The van der Waals surface area contributed by atoms with Crippen LogP contribution in [0, 0.1) is 6.92 Å². The van der Waals surface area contributed by atoms with Gasteiger partial charge < -0.3 is 0 Å². The first-order valence-electron chi connectivity index (χ1n) is 5.48. The summed E-state index contributed by atoms with van der Waals surface area (Å²) in [6.07, 6.45) is 1.84. The Morgan fingerprint density at radius 2 is 1.94 bits per heavy atom. The Morgan fingerprint density at radius 3 is 2.65 bits per heavy atom. The monoisotopic (exact) mass is 263 g/mol. The molecule has 0 bridgehead atoms. The molecule has 0 aliphatic carbocycles. The minimum Gasteiger partial charge on any atom is -0.244 e. The van der Waals surface area contributed by atoms with Crippen LogP contribution in [0.4, 0.5) is 0 Å². The first-order chi connectivity index (χ1) is 8.24. The van der Waals surface area contributed by atoms with Gasteiger partial charge >= 0.3 is 0 Å². The highest BCUT2D eigenvalue weighted by Crippen LogP contribution is 2.18. The van der Waals surface area contributed by atoms with Crippen LogP contribution >= 0.6 is 23.4 Å². The molecular formula is C14H14ClNS. The fourth-order valence-corrected chi connectivity index (χ4v) is 2.62. The molecule has 3 heteroatoms. The lowest BCUT2D eigenvalue weighted by atomic mass is 10.2. The second kappa shape index (κ2) is 6.08. The van der Waals surface area contributed by atoms with Crippen LogP contribution < -0.4 is 0 Å². The van der Waals surface area contributed by atoms with Crippen LogP contribution in [0.15, 0.2) is 42.6 Å². The number of hydrogen-bond acceptors (Lipinski definition) is 2. The summed E-state index contributed by atoms with van der Waals surface area (Å²) in [7, 11) is 0. The van der Waals surface area contributed by atoms with Gasteiger partial charge in [-0.25, -0.2) is 4.98 Å². The van der Waals surface area contributed by atoms with Gasteiger partial charge in [0.1, 0.15) is 5.15 Å². The maximum Gasteiger partial charge on any atom is 0.129 e. The molecule has 0 radical (unpaired) electrons. The molecule has 1 aromatic heterocycles. The number of pyridine rings is 1. The van der Waals surface area contributed by atoms with Crippen LogP contribution in [0.25, 0.3) is 0 Å². The topological polar surface area (TPSA) is 12.9 Å². The van der Waals surface area contributed by atoms with E-state index in [2.05, 4.69) is 36.2 Å². The van der Waals surface area contributed by atoms with E-state index >= 15 is 0 Å². The number of thioether (sulfide) groups is 1. The number of benzene rings is 1. The zero-order valence-electron chi connectivity index (χ0n) is 9.69. The maximum absolute atomic E-state index is 5.74. The van der Waals surface area contributed by atoms with Crippen molar-refractivity contribution >= 4 is 23.4 Å². The Balaban J connectivity index is 1.85. The van der Waals surface area contributed by atoms with Crippen molar-refractivity contribution in [2.75, 3.05) is 0 Å². The largest absolute Gasteiger partial charge is 0.244 e. The lowest BCUT2D eigenvalue weighted by Gasteiger charge is -2.03. The van der Waals surface area contributed by atoms with Gasteiger partial charge in [0.15, 0.2) is 0 Å². The van der Waals surface area contributed by atoms with Crippen molar-refractivity contribution in [1.82, 2.24) is 4.98 Å². The van der Waals surface area contributed by atoms with Crippen molar-refractivity contribution in [1.29, 1.82) is 0 Å². The van der Waals surface area contributed by atoms with Crippen molar-refractivity contribution in [3.63, 3.8) is 0 Å². The standard InChI is InChI=1S/C14H14ClNS/c1-11-3-2-4-12(7-11)9-17-10-13-5-6-14(15)16-8-13/h2-8H,9-10H2,1H3. The Kier molecular flexibility index (Phi) is 4.46. The predicted octanol–water partition coefficient (Wildman–Crippen LogP) is 4.48. The van der Waals surface area contributed by atoms with Gasteiger partial charge in [-0.15, -0.1) is 0 Å². The number of nitrogens with zero attached hydrogens (tertiary/aromatic N) is 1. The second-order valence-corrected chi connectivity index (χ2v) is 5.34. The van der Waals surface area contributed by atoms with Gasteiger partial charge in [0.2, 0.25) is 0 Å². The molecule has 0 aliphatic rings. The summed E-state index contributed by atoms with van der Waals surface area (Å²) in [6.45, 7) is 2.12. The van der Waals surface area contributed by atoms with E-state index in [9.17, 15) is 0 Å². The number of hydrogen-bond donors (Lipinski definition) is 0. The zero-order valence-corrected chi connectivity index (χ0v) is 11.3. The SMILES string of the molecule is Cc1cccc(CSCc2ccc(Cl)nc2)c1. The van der Waals surface area contributed by atoms with E-state index in [-0.39, 0.29) is 0 Å². The third-order valence-corrected chi connectivity index (χ3v) is 3.71. The average Bonchev–Trinajstić information content (AvgIpc) is 2.32. The molecule has 1 aromatic carbocycles. The van der Waals surface area contributed by atoms with Gasteiger partial charge in [0, 0.05) is 17.7 Å². The highest BCUT2D eigenvalue weighted by molar-refractivity contribution is 7.97. The Labute approximate surface area is 111 Å². The average molecular weight is 264 g/mol. The van der Waals surface area contributed by atoms with Gasteiger partial charge in [0.25, 0.3) is 0 Å². The molecule has 2 aromatic rings. The molecule has 88 valence electrons. The first-order valence-corrected chi connectivity index (χ1v) is 7.01. The molecule has 0 unspecified atom stereocenters. The molecule has 0 spiro atoms. The van der Waals surface area contributed by atoms with E-state index in [0.717, 1.165) is 11.5 Å². The van der Waals surface area contributed by atoms with Crippen molar-refractivity contribution in [3.8, 4) is 0 Å². The fraction of sp³-hybridized carbons (Fsp3) is 0.214. The van der Waals surface area contributed by atoms with Crippen molar-refractivity contribution < 1.29 is 0 Å². The summed E-state index contributed by atoms with van der Waals surface area (Å²) in [6, 6.07) is 12.5. The van der Waals surface area contributed by atoms with Crippen LogP contribution in [0.5, 0.6) is 0 Å². The Bertz CT molecular complexity index is 482.